The van der Waals surface area contributed by atoms with Crippen LogP contribution < -0.4 is 0 Å². The smallest absolute Gasteiger partial charge is 0.175 e. The Morgan fingerprint density at radius 2 is 1.63 bits per heavy atom. The predicted molar refractivity (Wildman–Crippen MR) is 74.6 cm³/mol. The fraction of sp³-hybridized carbons (Fsp3) is 0.286. The maximum Gasteiger partial charge on any atom is 0.175 e. The summed E-state index contributed by atoms with van der Waals surface area (Å²) in [5, 5.41) is 0. The minimum atomic E-state index is -3.16. The predicted octanol–water partition coefficient (Wildman–Crippen LogP) is 2.50. The Bertz CT molecular complexity index is 647. The quantitative estimate of drug-likeness (QED) is 0.861. The summed E-state index contributed by atoms with van der Waals surface area (Å²) in [5.74, 6) is 0.611. The first kappa shape index (κ1) is 13.7. The lowest BCUT2D eigenvalue weighted by Gasteiger charge is -2.03. The van der Waals surface area contributed by atoms with Gasteiger partial charge in [-0.3, -0.25) is 0 Å². The third-order valence-corrected chi connectivity index (χ3v) is 3.91. The minimum absolute atomic E-state index is 0.304. The van der Waals surface area contributed by atoms with Gasteiger partial charge in [0.1, 0.15) is 0 Å². The standard InChI is InChI=1S/C14H16N2O2S/c1-3-4-11-9-15-14(16-10-11)12-5-7-13(8-6-12)19(2,17)18/h5-10H,3-4H2,1-2H3. The average Bonchev–Trinajstić information content (AvgIpc) is 2.39. The molecule has 5 heteroatoms. The molecular weight excluding hydrogens is 260 g/mol. The maximum atomic E-state index is 11.4. The summed E-state index contributed by atoms with van der Waals surface area (Å²) in [4.78, 5) is 8.90. The van der Waals surface area contributed by atoms with Gasteiger partial charge in [-0.2, -0.15) is 0 Å². The number of nitrogens with zero attached hydrogens (tertiary/aromatic N) is 2. The van der Waals surface area contributed by atoms with Gasteiger partial charge in [0.2, 0.25) is 0 Å². The van der Waals surface area contributed by atoms with Crippen molar-refractivity contribution in [2.45, 2.75) is 24.7 Å². The third-order valence-electron chi connectivity index (χ3n) is 2.78. The second kappa shape index (κ2) is 5.48. The molecule has 0 aliphatic heterocycles. The van der Waals surface area contributed by atoms with Crippen LogP contribution in [0.4, 0.5) is 0 Å². The monoisotopic (exact) mass is 276 g/mol. The van der Waals surface area contributed by atoms with E-state index in [4.69, 9.17) is 0 Å². The molecular formula is C14H16N2O2S. The van der Waals surface area contributed by atoms with Crippen molar-refractivity contribution in [1.29, 1.82) is 0 Å². The van der Waals surface area contributed by atoms with Gasteiger partial charge >= 0.3 is 0 Å². The molecule has 2 aromatic rings. The highest BCUT2D eigenvalue weighted by molar-refractivity contribution is 7.90. The Labute approximate surface area is 113 Å². The van der Waals surface area contributed by atoms with E-state index >= 15 is 0 Å². The summed E-state index contributed by atoms with van der Waals surface area (Å²) >= 11 is 0. The van der Waals surface area contributed by atoms with E-state index in [1.807, 2.05) is 12.4 Å². The van der Waals surface area contributed by atoms with Crippen LogP contribution >= 0.6 is 0 Å². The van der Waals surface area contributed by atoms with E-state index in [0.717, 1.165) is 24.0 Å². The number of benzene rings is 1. The molecule has 0 unspecified atom stereocenters. The van der Waals surface area contributed by atoms with E-state index in [1.54, 1.807) is 24.3 Å². The zero-order valence-electron chi connectivity index (χ0n) is 11.0. The van der Waals surface area contributed by atoms with E-state index < -0.39 is 9.84 Å². The van der Waals surface area contributed by atoms with Crippen molar-refractivity contribution < 1.29 is 8.42 Å². The fourth-order valence-corrected chi connectivity index (χ4v) is 2.40. The average molecular weight is 276 g/mol. The minimum Gasteiger partial charge on any atom is -0.236 e. The van der Waals surface area contributed by atoms with Crippen molar-refractivity contribution in [2.75, 3.05) is 6.26 Å². The van der Waals surface area contributed by atoms with Gasteiger partial charge in [-0.1, -0.05) is 13.3 Å². The molecule has 2 rings (SSSR count). The molecule has 0 spiro atoms. The molecule has 1 heterocycles. The van der Waals surface area contributed by atoms with Gasteiger partial charge in [0, 0.05) is 24.2 Å². The van der Waals surface area contributed by atoms with Crippen molar-refractivity contribution in [2.24, 2.45) is 0 Å². The van der Waals surface area contributed by atoms with Gasteiger partial charge in [-0.25, -0.2) is 18.4 Å². The Hall–Kier alpha value is -1.75. The summed E-state index contributed by atoms with van der Waals surface area (Å²) in [5.41, 5.74) is 1.93. The fourth-order valence-electron chi connectivity index (χ4n) is 1.77. The Morgan fingerprint density at radius 1 is 1.05 bits per heavy atom. The topological polar surface area (TPSA) is 59.9 Å². The zero-order valence-corrected chi connectivity index (χ0v) is 11.8. The Kier molecular flexibility index (Phi) is 3.95. The van der Waals surface area contributed by atoms with E-state index in [0.29, 0.717) is 10.7 Å². The van der Waals surface area contributed by atoms with E-state index in [2.05, 4.69) is 16.9 Å². The molecule has 0 aliphatic rings. The van der Waals surface area contributed by atoms with Gasteiger partial charge in [0.15, 0.2) is 15.7 Å². The van der Waals surface area contributed by atoms with Crippen molar-refractivity contribution in [1.82, 2.24) is 9.97 Å². The highest BCUT2D eigenvalue weighted by Crippen LogP contribution is 2.17. The van der Waals surface area contributed by atoms with Crippen LogP contribution in [0, 0.1) is 0 Å². The van der Waals surface area contributed by atoms with Crippen LogP contribution in [0.1, 0.15) is 18.9 Å². The number of hydrogen-bond acceptors (Lipinski definition) is 4. The second-order valence-corrected chi connectivity index (χ2v) is 6.48. The van der Waals surface area contributed by atoms with Gasteiger partial charge in [0.25, 0.3) is 0 Å². The molecule has 19 heavy (non-hydrogen) atoms. The first-order chi connectivity index (χ1) is 9.00. The van der Waals surface area contributed by atoms with E-state index in [-0.39, 0.29) is 0 Å². The first-order valence-electron chi connectivity index (χ1n) is 6.12. The molecule has 1 aromatic carbocycles. The molecule has 4 nitrogen and oxygen atoms in total. The molecule has 0 fully saturated rings. The number of aromatic nitrogens is 2. The van der Waals surface area contributed by atoms with E-state index in [9.17, 15) is 8.42 Å². The van der Waals surface area contributed by atoms with Crippen LogP contribution in [0.25, 0.3) is 11.4 Å². The summed E-state index contributed by atoms with van der Waals surface area (Å²) in [6.45, 7) is 2.11. The molecule has 100 valence electrons. The summed E-state index contributed by atoms with van der Waals surface area (Å²) in [6, 6.07) is 6.61. The van der Waals surface area contributed by atoms with Crippen LogP contribution in [0.2, 0.25) is 0 Å². The molecule has 0 aliphatic carbocycles. The number of rotatable bonds is 4. The summed E-state index contributed by atoms with van der Waals surface area (Å²) in [6.07, 6.45) is 6.85. The molecule has 0 saturated heterocycles. The molecule has 0 amide bonds. The number of aryl methyl sites for hydroxylation is 1. The SMILES string of the molecule is CCCc1cnc(-c2ccc(S(C)(=O)=O)cc2)nc1. The van der Waals surface area contributed by atoms with Crippen LogP contribution in [0.5, 0.6) is 0 Å². The van der Waals surface area contributed by atoms with Crippen molar-refractivity contribution in [3.63, 3.8) is 0 Å². The highest BCUT2D eigenvalue weighted by atomic mass is 32.2. The Morgan fingerprint density at radius 3 is 2.11 bits per heavy atom. The Balaban J connectivity index is 2.27. The van der Waals surface area contributed by atoms with Gasteiger partial charge in [-0.05, 0) is 36.2 Å². The third kappa shape index (κ3) is 3.38. The van der Waals surface area contributed by atoms with Crippen LogP contribution in [0.15, 0.2) is 41.6 Å². The van der Waals surface area contributed by atoms with E-state index in [1.165, 1.54) is 6.26 Å². The van der Waals surface area contributed by atoms with Crippen molar-refractivity contribution in [3.05, 3.63) is 42.2 Å². The second-order valence-electron chi connectivity index (χ2n) is 4.46. The normalized spacial score (nSPS) is 11.5. The first-order valence-corrected chi connectivity index (χ1v) is 8.01. The highest BCUT2D eigenvalue weighted by Gasteiger charge is 2.07. The van der Waals surface area contributed by atoms with Crippen molar-refractivity contribution in [3.8, 4) is 11.4 Å². The zero-order chi connectivity index (χ0) is 13.9. The molecule has 0 atom stereocenters. The lowest BCUT2D eigenvalue weighted by atomic mass is 10.2. The maximum absolute atomic E-state index is 11.4. The molecule has 0 N–H and O–H groups in total. The lowest BCUT2D eigenvalue weighted by Crippen LogP contribution is -1.97. The van der Waals surface area contributed by atoms with Gasteiger partial charge in [-0.15, -0.1) is 0 Å². The van der Waals surface area contributed by atoms with Gasteiger partial charge < -0.3 is 0 Å². The lowest BCUT2D eigenvalue weighted by molar-refractivity contribution is 0.602. The van der Waals surface area contributed by atoms with Crippen LogP contribution in [0.3, 0.4) is 0 Å². The summed E-state index contributed by atoms with van der Waals surface area (Å²) in [7, 11) is -3.16. The molecule has 0 saturated carbocycles. The van der Waals surface area contributed by atoms with Gasteiger partial charge in [0.05, 0.1) is 4.90 Å². The number of sulfone groups is 1. The van der Waals surface area contributed by atoms with Crippen LogP contribution in [-0.4, -0.2) is 24.6 Å². The number of hydrogen-bond donors (Lipinski definition) is 0. The summed E-state index contributed by atoms with van der Waals surface area (Å²) < 4.78 is 22.7. The molecule has 0 bridgehead atoms. The molecule has 0 radical (unpaired) electrons. The van der Waals surface area contributed by atoms with Crippen molar-refractivity contribution >= 4 is 9.84 Å². The molecule has 1 aromatic heterocycles. The largest absolute Gasteiger partial charge is 0.236 e. The van der Waals surface area contributed by atoms with Crippen LogP contribution in [-0.2, 0) is 16.3 Å².